The first-order chi connectivity index (χ1) is 16.6. The quantitative estimate of drug-likeness (QED) is 0.261. The minimum atomic E-state index is -2.58. The number of nitrogens with zero attached hydrogens (tertiary/aromatic N) is 4. The zero-order valence-electron chi connectivity index (χ0n) is 20.3. The molecule has 2 aliphatic rings. The van der Waals surface area contributed by atoms with E-state index < -0.39 is 12.0 Å². The number of alkyl halides is 2. The van der Waals surface area contributed by atoms with Crippen molar-refractivity contribution in [3.8, 4) is 0 Å². The molecule has 1 aromatic heterocycles. The van der Waals surface area contributed by atoms with Crippen LogP contribution in [0.3, 0.4) is 0 Å². The summed E-state index contributed by atoms with van der Waals surface area (Å²) in [7, 11) is 0. The van der Waals surface area contributed by atoms with Crippen molar-refractivity contribution >= 4 is 41.4 Å². The first kappa shape index (κ1) is 25.6. The number of benzene rings is 1. The molecule has 0 radical (unpaired) electrons. The maximum absolute atomic E-state index is 13.2. The van der Waals surface area contributed by atoms with Crippen LogP contribution in [0.5, 0.6) is 0 Å². The molecular weight excluding hydrogens is 472 g/mol. The molecule has 11 heteroatoms. The van der Waals surface area contributed by atoms with Crippen LogP contribution in [0.25, 0.3) is 0 Å². The zero-order valence-corrected chi connectivity index (χ0v) is 21.1. The molecule has 0 atom stereocenters. The minimum absolute atomic E-state index is 0.0841. The fourth-order valence-corrected chi connectivity index (χ4v) is 5.39. The highest BCUT2D eigenvalue weighted by molar-refractivity contribution is 7.97. The van der Waals surface area contributed by atoms with E-state index in [1.165, 1.54) is 18.3 Å². The van der Waals surface area contributed by atoms with Gasteiger partial charge in [0.05, 0.1) is 17.2 Å². The molecule has 190 valence electrons. The van der Waals surface area contributed by atoms with E-state index in [0.717, 1.165) is 18.8 Å². The van der Waals surface area contributed by atoms with Gasteiger partial charge in [-0.05, 0) is 38.3 Å². The van der Waals surface area contributed by atoms with Gasteiger partial charge in [0.25, 0.3) is 6.43 Å². The number of hydrogen-bond acceptors (Lipinski definition) is 9. The van der Waals surface area contributed by atoms with E-state index in [4.69, 9.17) is 10.4 Å². The van der Waals surface area contributed by atoms with E-state index in [1.54, 1.807) is 37.9 Å². The molecule has 35 heavy (non-hydrogen) atoms. The smallest absolute Gasteiger partial charge is 0.263 e. The number of nitrogens with one attached hydrogen (secondary N) is 3. The van der Waals surface area contributed by atoms with Crippen molar-refractivity contribution in [1.82, 2.24) is 14.3 Å². The second kappa shape index (κ2) is 10.6. The van der Waals surface area contributed by atoms with Gasteiger partial charge in [-0.25, -0.2) is 13.1 Å². The van der Waals surface area contributed by atoms with Crippen molar-refractivity contribution in [2.24, 2.45) is 5.92 Å². The molecule has 0 spiro atoms. The second-order valence-electron chi connectivity index (χ2n) is 9.72. The maximum atomic E-state index is 13.2. The maximum Gasteiger partial charge on any atom is 0.263 e. The summed E-state index contributed by atoms with van der Waals surface area (Å²) in [5.74, 6) is 2.80. The molecule has 2 saturated heterocycles. The van der Waals surface area contributed by atoms with Crippen molar-refractivity contribution in [3.05, 3.63) is 35.4 Å². The highest BCUT2D eigenvalue weighted by Crippen LogP contribution is 2.35. The Hall–Kier alpha value is -2.50. The standard InChI is InChI=1S/C24H33F2N7OS/c1-4-35-33-13-18(14-33)29-23-30-21(28-17-7-5-6-16(8-17)20(25)26)19(10-27)22(31-23)32-11-15(12-32)9-24(2,3)34/h5-8,10,15,18,20,27,34H,4,9,11-14H2,1-3H3,(H2,28,29,30,31). The van der Waals surface area contributed by atoms with Crippen LogP contribution in [0.4, 0.5) is 32.1 Å². The Labute approximate surface area is 209 Å². The molecule has 2 aliphatic heterocycles. The van der Waals surface area contributed by atoms with Gasteiger partial charge in [-0.1, -0.05) is 31.0 Å². The van der Waals surface area contributed by atoms with Gasteiger partial charge in [0, 0.05) is 49.4 Å². The summed E-state index contributed by atoms with van der Waals surface area (Å²) in [5, 5.41) is 24.7. The van der Waals surface area contributed by atoms with Crippen LogP contribution in [-0.2, 0) is 0 Å². The average Bonchev–Trinajstić information content (AvgIpc) is 2.74. The van der Waals surface area contributed by atoms with Gasteiger partial charge in [0.15, 0.2) is 0 Å². The second-order valence-corrected chi connectivity index (χ2v) is 11.1. The lowest BCUT2D eigenvalue weighted by molar-refractivity contribution is 0.0474. The largest absolute Gasteiger partial charge is 0.390 e. The van der Waals surface area contributed by atoms with E-state index in [0.29, 0.717) is 54.3 Å². The molecule has 2 aromatic rings. The van der Waals surface area contributed by atoms with Crippen LogP contribution in [-0.4, -0.2) is 69.2 Å². The van der Waals surface area contributed by atoms with Gasteiger partial charge < -0.3 is 26.0 Å². The number of halogens is 2. The van der Waals surface area contributed by atoms with Crippen LogP contribution in [0.15, 0.2) is 24.3 Å². The zero-order chi connectivity index (χ0) is 25.2. The summed E-state index contributed by atoms with van der Waals surface area (Å²) in [5.41, 5.74) is 0.143. The van der Waals surface area contributed by atoms with E-state index >= 15 is 0 Å². The minimum Gasteiger partial charge on any atom is -0.390 e. The van der Waals surface area contributed by atoms with Gasteiger partial charge in [-0.3, -0.25) is 0 Å². The van der Waals surface area contributed by atoms with Crippen LogP contribution in [0.1, 0.15) is 44.7 Å². The number of hydrogen-bond donors (Lipinski definition) is 4. The fraction of sp³-hybridized carbons (Fsp3) is 0.542. The highest BCUT2D eigenvalue weighted by atomic mass is 32.2. The predicted molar refractivity (Wildman–Crippen MR) is 138 cm³/mol. The Bertz CT molecular complexity index is 1040. The Morgan fingerprint density at radius 1 is 1.26 bits per heavy atom. The van der Waals surface area contributed by atoms with Crippen molar-refractivity contribution in [2.75, 3.05) is 47.5 Å². The summed E-state index contributed by atoms with van der Waals surface area (Å²) in [6.45, 7) is 8.91. The summed E-state index contributed by atoms with van der Waals surface area (Å²) in [4.78, 5) is 11.4. The lowest BCUT2D eigenvalue weighted by atomic mass is 9.87. The SMILES string of the molecule is CCSN1CC(Nc2nc(Nc3cccc(C(F)F)c3)c(C=N)c(N3CC(CC(C)(C)O)C3)n2)C1. The summed E-state index contributed by atoms with van der Waals surface area (Å²) in [6, 6.07) is 6.25. The Balaban J connectivity index is 1.59. The molecule has 8 nitrogen and oxygen atoms in total. The van der Waals surface area contributed by atoms with Crippen molar-refractivity contribution in [2.45, 2.75) is 45.3 Å². The summed E-state index contributed by atoms with van der Waals surface area (Å²) >= 11 is 1.79. The first-order valence-corrected chi connectivity index (χ1v) is 12.8. The van der Waals surface area contributed by atoms with Crippen LogP contribution >= 0.6 is 11.9 Å². The number of aliphatic hydroxyl groups is 1. The molecule has 3 heterocycles. The van der Waals surface area contributed by atoms with Gasteiger partial charge in [0.1, 0.15) is 11.6 Å². The van der Waals surface area contributed by atoms with Gasteiger partial charge in [0.2, 0.25) is 5.95 Å². The first-order valence-electron chi connectivity index (χ1n) is 11.8. The Morgan fingerprint density at radius 3 is 2.63 bits per heavy atom. The van der Waals surface area contributed by atoms with E-state index in [9.17, 15) is 13.9 Å². The normalized spacial score (nSPS) is 17.3. The molecule has 2 fully saturated rings. The number of aromatic nitrogens is 2. The van der Waals surface area contributed by atoms with Crippen molar-refractivity contribution in [3.63, 3.8) is 0 Å². The van der Waals surface area contributed by atoms with E-state index in [1.807, 2.05) is 0 Å². The fourth-order valence-electron chi connectivity index (χ4n) is 4.46. The highest BCUT2D eigenvalue weighted by Gasteiger charge is 2.34. The van der Waals surface area contributed by atoms with Crippen molar-refractivity contribution < 1.29 is 13.9 Å². The lowest BCUT2D eigenvalue weighted by Crippen LogP contribution is -2.52. The molecule has 0 unspecified atom stereocenters. The van der Waals surface area contributed by atoms with Crippen LogP contribution in [0, 0.1) is 11.3 Å². The van der Waals surface area contributed by atoms with Crippen LogP contribution < -0.4 is 15.5 Å². The predicted octanol–water partition coefficient (Wildman–Crippen LogP) is 4.52. The van der Waals surface area contributed by atoms with E-state index in [-0.39, 0.29) is 11.6 Å². The molecule has 0 bridgehead atoms. The molecule has 4 N–H and O–H groups in total. The third-order valence-corrected chi connectivity index (χ3v) is 6.93. The molecule has 0 saturated carbocycles. The lowest BCUT2D eigenvalue weighted by Gasteiger charge is -2.43. The molecule has 0 amide bonds. The molecule has 0 aliphatic carbocycles. The van der Waals surface area contributed by atoms with E-state index in [2.05, 4.69) is 31.7 Å². The monoisotopic (exact) mass is 505 g/mol. The molecule has 1 aromatic carbocycles. The summed E-state index contributed by atoms with van der Waals surface area (Å²) in [6.07, 6.45) is -0.698. The van der Waals surface area contributed by atoms with Gasteiger partial charge in [-0.15, -0.1) is 0 Å². The Morgan fingerprint density at radius 2 is 2.00 bits per heavy atom. The van der Waals surface area contributed by atoms with Gasteiger partial charge >= 0.3 is 0 Å². The third-order valence-electron chi connectivity index (χ3n) is 6.01. The number of rotatable bonds is 11. The Kier molecular flexibility index (Phi) is 7.77. The molecular formula is C24H33F2N7OS. The van der Waals surface area contributed by atoms with Crippen LogP contribution in [0.2, 0.25) is 0 Å². The van der Waals surface area contributed by atoms with Crippen molar-refractivity contribution in [1.29, 1.82) is 5.41 Å². The number of anilines is 4. The topological polar surface area (TPSA) is 100 Å². The third kappa shape index (κ3) is 6.39. The summed E-state index contributed by atoms with van der Waals surface area (Å²) < 4.78 is 28.7. The average molecular weight is 506 g/mol. The van der Waals surface area contributed by atoms with Gasteiger partial charge in [-0.2, -0.15) is 9.97 Å². The molecule has 4 rings (SSSR count).